The molecule has 0 aliphatic rings. The fraction of sp³-hybridized carbons (Fsp3) is 0.469. The maximum atomic E-state index is 15.5. The number of aliphatic hydroxyl groups excluding tert-OH is 1. The number of carboxylic acids is 1. The second-order valence-corrected chi connectivity index (χ2v) is 35.0. The summed E-state index contributed by atoms with van der Waals surface area (Å²) in [5.74, 6) is -16.6. The lowest BCUT2D eigenvalue weighted by atomic mass is 9.96. The zero-order valence-electron chi connectivity index (χ0n) is 79.2. The summed E-state index contributed by atoms with van der Waals surface area (Å²) >= 11 is 0. The van der Waals surface area contributed by atoms with Crippen LogP contribution in [0.15, 0.2) is 140 Å². The summed E-state index contributed by atoms with van der Waals surface area (Å²) in [5.41, 5.74) is 32.3. The molecule has 0 saturated heterocycles. The number of primary amides is 1. The number of aromatic nitrogens is 2. The zero-order chi connectivity index (χ0) is 102. The monoisotopic (exact) mass is 1930 g/mol. The van der Waals surface area contributed by atoms with E-state index in [0.717, 1.165) is 0 Å². The van der Waals surface area contributed by atoms with Crippen molar-refractivity contribution in [3.8, 4) is 11.5 Å². The molecule has 0 fully saturated rings. The van der Waals surface area contributed by atoms with Crippen LogP contribution in [-0.2, 0) is 109 Å². The van der Waals surface area contributed by atoms with Gasteiger partial charge < -0.3 is 139 Å². The van der Waals surface area contributed by atoms with Crippen molar-refractivity contribution in [2.75, 3.05) is 26.2 Å². The number of phenolic OH excluding ortho intramolecular Hbond substituents is 2. The van der Waals surface area contributed by atoms with Crippen LogP contribution in [0, 0.1) is 17.2 Å². The Labute approximate surface area is 804 Å². The van der Waals surface area contributed by atoms with E-state index in [2.05, 4.69) is 89.7 Å². The maximum Gasteiger partial charge on any atom is 0.326 e. The van der Waals surface area contributed by atoms with Crippen LogP contribution < -0.4 is 108 Å². The van der Waals surface area contributed by atoms with Gasteiger partial charge in [-0.3, -0.25) is 77.3 Å². The van der Waals surface area contributed by atoms with Crippen LogP contribution >= 0.6 is 0 Å². The van der Waals surface area contributed by atoms with Crippen molar-refractivity contribution in [1.82, 2.24) is 89.7 Å². The Morgan fingerprint density at radius 2 is 0.727 bits per heavy atom. The quantitative estimate of drug-likeness (QED) is 0.0120. The number of hydrogen-bond donors (Lipinski definition) is 27. The SMILES string of the molecule is CC[C@H](C)[C@H](NC(=O)[C@H](Cc1c[nH]c2ccccc12)NC(=O)[C@H](Cc1ccccc1)NC(=O)[C@H](Cc1ccc(O)cc1)NC(=O)[C@H](CCC(N)=O)NC(=O)[C@@H](N)CCCNC(=N)N)C(=O)N[C@@H](C)C(=O)N[C@@H](Cc1c[nH]c2ccccc12)C(=O)N[C@@H](Cc1ccc(O)cc1)C(=O)N[C@@H](CCCCN)C(=O)N[C@@H](CC(C)C)C(=O)N[C@@H](C)C(=O)N[C@@H](C)C(=O)N[C@@H](CO)C(=O)N[C@@H](CCCCN)C(=O)O. The largest absolute Gasteiger partial charge is 0.508 e. The van der Waals surface area contributed by atoms with Gasteiger partial charge in [0.2, 0.25) is 88.6 Å². The highest BCUT2D eigenvalue weighted by Gasteiger charge is 2.40. The number of fused-ring (bicyclic) bond motifs is 2. The molecule has 43 heteroatoms. The number of aliphatic carboxylic acids is 1. The zero-order valence-corrected chi connectivity index (χ0v) is 79.2. The summed E-state index contributed by atoms with van der Waals surface area (Å²) < 4.78 is 0. The Bertz CT molecular complexity index is 5330. The Morgan fingerprint density at radius 3 is 1.17 bits per heavy atom. The van der Waals surface area contributed by atoms with Crippen molar-refractivity contribution in [3.05, 3.63) is 168 Å². The second kappa shape index (κ2) is 56.2. The molecule has 43 nitrogen and oxygen atoms in total. The van der Waals surface area contributed by atoms with E-state index in [-0.39, 0.29) is 126 Å². The van der Waals surface area contributed by atoms with E-state index < -0.39 is 204 Å². The lowest BCUT2D eigenvalue weighted by molar-refractivity contribution is -0.143. The van der Waals surface area contributed by atoms with E-state index in [9.17, 15) is 63.6 Å². The molecule has 2 aromatic heterocycles. The number of hydrogen-bond acceptors (Lipinski definition) is 23. The van der Waals surface area contributed by atoms with Gasteiger partial charge in [-0.05, 0) is 174 Å². The Kier molecular flexibility index (Phi) is 45.0. The minimum absolute atomic E-state index is 0.0168. The molecule has 7 rings (SSSR count). The van der Waals surface area contributed by atoms with Crippen LogP contribution in [0.3, 0.4) is 0 Å². The van der Waals surface area contributed by atoms with Gasteiger partial charge in [0, 0.05) is 79.3 Å². The minimum atomic E-state index is -1.63. The van der Waals surface area contributed by atoms with Crippen LogP contribution in [0.25, 0.3) is 21.8 Å². The number of nitrogens with two attached hydrogens (primary N) is 5. The van der Waals surface area contributed by atoms with E-state index in [4.69, 9.17) is 34.1 Å². The molecular formula is C96H135N23O20. The number of amides is 15. The third kappa shape index (κ3) is 36.4. The Hall–Kier alpha value is -14.6. The van der Waals surface area contributed by atoms with Crippen molar-refractivity contribution in [1.29, 1.82) is 5.41 Å². The molecule has 15 amide bonds. The van der Waals surface area contributed by atoms with E-state index in [1.807, 2.05) is 0 Å². The minimum Gasteiger partial charge on any atom is -0.508 e. The van der Waals surface area contributed by atoms with Crippen molar-refractivity contribution >= 4 is 122 Å². The lowest BCUT2D eigenvalue weighted by Crippen LogP contribution is -2.62. The molecule has 0 saturated carbocycles. The summed E-state index contributed by atoms with van der Waals surface area (Å²) in [5, 5.41) is 88.6. The van der Waals surface area contributed by atoms with Gasteiger partial charge in [0.25, 0.3) is 0 Å². The van der Waals surface area contributed by atoms with Crippen molar-refractivity contribution < 1.29 is 97.1 Å². The number of aliphatic hydroxyl groups is 1. The highest BCUT2D eigenvalue weighted by atomic mass is 16.4. The van der Waals surface area contributed by atoms with Gasteiger partial charge in [-0.1, -0.05) is 125 Å². The average Bonchev–Trinajstić information content (AvgIpc) is 1.56. The molecule has 2 heterocycles. The summed E-state index contributed by atoms with van der Waals surface area (Å²) in [6.45, 7) is 10.5. The number of carbonyl (C=O) groups excluding carboxylic acids is 15. The fourth-order valence-corrected chi connectivity index (χ4v) is 15.2. The molecule has 32 N–H and O–H groups in total. The highest BCUT2D eigenvalue weighted by molar-refractivity contribution is 6.02. The van der Waals surface area contributed by atoms with Crippen molar-refractivity contribution in [3.63, 3.8) is 0 Å². The predicted molar refractivity (Wildman–Crippen MR) is 517 cm³/mol. The first kappa shape index (κ1) is 111. The fourth-order valence-electron chi connectivity index (χ4n) is 15.2. The molecule has 0 bridgehead atoms. The molecule has 0 aliphatic heterocycles. The number of benzene rings is 5. The number of aromatic hydroxyl groups is 2. The molecule has 16 atom stereocenters. The molecule has 0 aliphatic carbocycles. The van der Waals surface area contributed by atoms with Crippen LogP contribution in [0.5, 0.6) is 11.5 Å². The van der Waals surface area contributed by atoms with E-state index in [1.165, 1.54) is 69.3 Å². The molecule has 7 aromatic rings. The molecule has 5 aromatic carbocycles. The first-order chi connectivity index (χ1) is 66.2. The topological polar surface area (TPSA) is 720 Å². The highest BCUT2D eigenvalue weighted by Crippen LogP contribution is 2.24. The first-order valence-corrected chi connectivity index (χ1v) is 46.5. The number of para-hydroxylation sites is 2. The number of unbranched alkanes of at least 4 members (excludes halogenated alkanes) is 2. The van der Waals surface area contributed by atoms with Gasteiger partial charge in [0.15, 0.2) is 5.96 Å². The summed E-state index contributed by atoms with van der Waals surface area (Å²) in [6.07, 6.45) is 3.21. The number of carboxylic acid groups (broad SMARTS) is 1. The van der Waals surface area contributed by atoms with Crippen molar-refractivity contribution in [2.24, 2.45) is 40.5 Å². The summed E-state index contributed by atoms with van der Waals surface area (Å²) in [6, 6.07) is 11.9. The normalized spacial score (nSPS) is 14.7. The van der Waals surface area contributed by atoms with E-state index in [0.29, 0.717) is 68.9 Å². The number of phenols is 2. The summed E-state index contributed by atoms with van der Waals surface area (Å²) in [4.78, 5) is 234. The second-order valence-electron chi connectivity index (χ2n) is 35.0. The van der Waals surface area contributed by atoms with E-state index >= 15 is 33.6 Å². The van der Waals surface area contributed by atoms with Crippen molar-refractivity contribution in [2.45, 2.75) is 248 Å². The van der Waals surface area contributed by atoms with Gasteiger partial charge in [-0.15, -0.1) is 0 Å². The number of H-pyrrole nitrogens is 2. The van der Waals surface area contributed by atoms with Gasteiger partial charge >= 0.3 is 5.97 Å². The molecule has 139 heavy (non-hydrogen) atoms. The third-order valence-electron chi connectivity index (χ3n) is 23.4. The maximum absolute atomic E-state index is 15.5. The third-order valence-corrected chi connectivity index (χ3v) is 23.4. The number of nitrogens with one attached hydrogen (secondary N) is 18. The van der Waals surface area contributed by atoms with Gasteiger partial charge in [0.05, 0.1) is 12.6 Å². The lowest BCUT2D eigenvalue weighted by Gasteiger charge is -2.29. The van der Waals surface area contributed by atoms with Crippen LogP contribution in [0.1, 0.15) is 153 Å². The smallest absolute Gasteiger partial charge is 0.326 e. The van der Waals surface area contributed by atoms with Crippen LogP contribution in [-0.4, -0.2) is 248 Å². The molecule has 754 valence electrons. The number of carbonyl (C=O) groups is 16. The van der Waals surface area contributed by atoms with Gasteiger partial charge in [-0.2, -0.15) is 0 Å². The van der Waals surface area contributed by atoms with Crippen LogP contribution in [0.2, 0.25) is 0 Å². The number of rotatable bonds is 59. The average molecular weight is 1930 g/mol. The van der Waals surface area contributed by atoms with Crippen LogP contribution in [0.4, 0.5) is 0 Å². The first-order valence-electron chi connectivity index (χ1n) is 46.5. The predicted octanol–water partition coefficient (Wildman–Crippen LogP) is -1.30. The number of guanidine groups is 1. The Balaban J connectivity index is 1.13. The van der Waals surface area contributed by atoms with E-state index in [1.54, 1.807) is 119 Å². The molecular weight excluding hydrogens is 1800 g/mol. The molecule has 0 spiro atoms. The standard InChI is InChI=1S/C96H135N23O20/c1-8-53(4)80(119-92(135)77(48-61-50-105-68-27-15-13-24-65(61)68)117-90(133)73(44-57-21-10-9-11-22-57)115-89(132)75(46-59-32-36-63(122)37-33-59)114-86(129)70(38-39-79(100)123)109-84(127)66(99)25-20-42-103-96(101)102)94(137)108-56(7)82(125)112-76(47-60-49-104-67-26-14-12-23-64(60)67)91(134)116-74(45-58-30-34-62(121)35-31-58)88(131)110-69(28-16-18-40-97)85(128)113-72(43-52(2)3)87(130)107-54(5)81(124)106-55(6)83(126)118-78(51-120)93(136)111-71(95(138)139)29-17-19-41-98/h9-15,21-24,26-27,30-37,49-50,52-56,66,69-78,80,104-105,120-122H,8,16-20,25,28-29,38-48,51,97-99H2,1-7H3,(H2,100,123)(H,106,124)(H,107,130)(H,108,137)(H,109,127)(H,110,131)(H,111,136)(H,112,125)(H,113,128)(H,114,129)(H,115,132)(H,116,134)(H,117,133)(H,118,126)(H,119,135)(H,138,139)(H4,101,102,103)/t53-,54-,55-,56-,66-,69-,70-,71-,72-,73-,74-,75-,76-,77-,78-,80-/m0/s1. The molecule has 0 unspecified atom stereocenters. The number of aromatic amines is 2. The van der Waals surface area contributed by atoms with Gasteiger partial charge in [-0.25, -0.2) is 4.79 Å². The van der Waals surface area contributed by atoms with Gasteiger partial charge in [0.1, 0.15) is 96.1 Å². The Morgan fingerprint density at radius 1 is 0.374 bits per heavy atom. The molecule has 0 radical (unpaired) electrons. The summed E-state index contributed by atoms with van der Waals surface area (Å²) in [7, 11) is 0.